The van der Waals surface area contributed by atoms with E-state index in [4.69, 9.17) is 32.7 Å². The van der Waals surface area contributed by atoms with Crippen LogP contribution in [0.25, 0.3) is 6.08 Å². The summed E-state index contributed by atoms with van der Waals surface area (Å²) in [5.41, 5.74) is 1.35. The van der Waals surface area contributed by atoms with Gasteiger partial charge < -0.3 is 20.1 Å². The number of carbonyl (C=O) groups is 2. The van der Waals surface area contributed by atoms with E-state index in [-0.39, 0.29) is 11.6 Å². The fourth-order valence-electron chi connectivity index (χ4n) is 3.02. The van der Waals surface area contributed by atoms with Gasteiger partial charge in [-0.15, -0.1) is 11.3 Å². The fraction of sp³-hybridized carbons (Fsp3) is 0.200. The van der Waals surface area contributed by atoms with E-state index in [9.17, 15) is 9.59 Å². The molecule has 3 aromatic rings. The van der Waals surface area contributed by atoms with Crippen molar-refractivity contribution in [3.8, 4) is 11.5 Å². The molecule has 0 saturated heterocycles. The molecule has 35 heavy (non-hydrogen) atoms. The maximum Gasteiger partial charge on any atom is 0.267 e. The van der Waals surface area contributed by atoms with Gasteiger partial charge in [-0.1, -0.05) is 35.3 Å². The van der Waals surface area contributed by atoms with Crippen molar-refractivity contribution in [2.24, 2.45) is 0 Å². The molecule has 1 heterocycles. The standard InChI is InChI=1S/C25H24Cl2N2O4S2/c1-32-22-9-8-16(13-23(22)33-2)24(30)29-21(14-17-5-4-11-35-17)25(31)28-10-12-34-15-18-19(26)6-3-7-20(18)27/h3-9,11,13-14H,10,12,15H2,1-2H3,(H,28,31)(H,29,30)/b21-14-. The van der Waals surface area contributed by atoms with E-state index in [1.54, 1.807) is 54.2 Å². The van der Waals surface area contributed by atoms with Crippen LogP contribution in [0.15, 0.2) is 59.6 Å². The maximum atomic E-state index is 12.9. The number of thioether (sulfide) groups is 1. The van der Waals surface area contributed by atoms with Crippen LogP contribution in [-0.4, -0.2) is 38.3 Å². The summed E-state index contributed by atoms with van der Waals surface area (Å²) in [7, 11) is 3.01. The first-order valence-corrected chi connectivity index (χ1v) is 13.3. The highest BCUT2D eigenvalue weighted by atomic mass is 35.5. The zero-order valence-electron chi connectivity index (χ0n) is 19.1. The Hall–Kier alpha value is -2.65. The molecule has 0 saturated carbocycles. The van der Waals surface area contributed by atoms with Gasteiger partial charge in [0.05, 0.1) is 14.2 Å². The molecule has 1 aromatic heterocycles. The molecule has 0 spiro atoms. The first kappa shape index (κ1) is 26.9. The molecular weight excluding hydrogens is 527 g/mol. The summed E-state index contributed by atoms with van der Waals surface area (Å²) in [6, 6.07) is 13.9. The van der Waals surface area contributed by atoms with Crippen molar-refractivity contribution < 1.29 is 19.1 Å². The lowest BCUT2D eigenvalue weighted by molar-refractivity contribution is -0.117. The van der Waals surface area contributed by atoms with E-state index in [1.807, 2.05) is 17.5 Å². The van der Waals surface area contributed by atoms with Gasteiger partial charge in [0, 0.05) is 38.5 Å². The molecule has 2 amide bonds. The Kier molecular flexibility index (Phi) is 10.3. The Bertz CT molecular complexity index is 1180. The van der Waals surface area contributed by atoms with Crippen LogP contribution in [0.4, 0.5) is 0 Å². The van der Waals surface area contributed by atoms with E-state index < -0.39 is 5.91 Å². The number of ether oxygens (including phenoxy) is 2. The van der Waals surface area contributed by atoms with Crippen molar-refractivity contribution in [1.29, 1.82) is 0 Å². The number of thiophene rings is 1. The smallest absolute Gasteiger partial charge is 0.267 e. The molecule has 0 fully saturated rings. The van der Waals surface area contributed by atoms with Crippen molar-refractivity contribution in [2.45, 2.75) is 5.75 Å². The predicted molar refractivity (Wildman–Crippen MR) is 145 cm³/mol. The van der Waals surface area contributed by atoms with E-state index in [1.165, 1.54) is 25.6 Å². The second-order valence-electron chi connectivity index (χ2n) is 7.11. The van der Waals surface area contributed by atoms with Gasteiger partial charge in [0.1, 0.15) is 5.70 Å². The van der Waals surface area contributed by atoms with Crippen LogP contribution in [0.3, 0.4) is 0 Å². The molecule has 0 unspecified atom stereocenters. The number of rotatable bonds is 11. The molecule has 0 bridgehead atoms. The van der Waals surface area contributed by atoms with Gasteiger partial charge >= 0.3 is 0 Å². The molecule has 0 radical (unpaired) electrons. The summed E-state index contributed by atoms with van der Waals surface area (Å²) >= 11 is 15.5. The third-order valence-electron chi connectivity index (χ3n) is 4.81. The van der Waals surface area contributed by atoms with Crippen LogP contribution >= 0.6 is 46.3 Å². The molecular formula is C25H24Cl2N2O4S2. The molecule has 0 aliphatic heterocycles. The Morgan fingerprint density at radius 1 is 1.03 bits per heavy atom. The maximum absolute atomic E-state index is 12.9. The summed E-state index contributed by atoms with van der Waals surface area (Å²) in [5.74, 6) is 1.37. The molecule has 0 atom stereocenters. The third-order valence-corrected chi connectivity index (χ3v) is 7.32. The largest absolute Gasteiger partial charge is 0.493 e. The Morgan fingerprint density at radius 2 is 1.77 bits per heavy atom. The summed E-state index contributed by atoms with van der Waals surface area (Å²) in [6.07, 6.45) is 1.65. The van der Waals surface area contributed by atoms with Crippen molar-refractivity contribution in [2.75, 3.05) is 26.5 Å². The van der Waals surface area contributed by atoms with Gasteiger partial charge in [0.2, 0.25) is 0 Å². The number of methoxy groups -OCH3 is 2. The number of hydrogen-bond donors (Lipinski definition) is 2. The fourth-order valence-corrected chi connectivity index (χ4v) is 5.28. The van der Waals surface area contributed by atoms with Crippen LogP contribution < -0.4 is 20.1 Å². The lowest BCUT2D eigenvalue weighted by Crippen LogP contribution is -2.35. The van der Waals surface area contributed by atoms with Gasteiger partial charge in [0.25, 0.3) is 11.8 Å². The van der Waals surface area contributed by atoms with E-state index >= 15 is 0 Å². The first-order chi connectivity index (χ1) is 16.9. The zero-order chi connectivity index (χ0) is 25.2. The Labute approximate surface area is 222 Å². The van der Waals surface area contributed by atoms with E-state index in [0.717, 1.165) is 10.4 Å². The predicted octanol–water partition coefficient (Wildman–Crippen LogP) is 5.89. The minimum Gasteiger partial charge on any atom is -0.493 e. The second-order valence-corrected chi connectivity index (χ2v) is 10.0. The minimum absolute atomic E-state index is 0.145. The highest BCUT2D eigenvalue weighted by Crippen LogP contribution is 2.29. The Balaban J connectivity index is 1.63. The lowest BCUT2D eigenvalue weighted by atomic mass is 10.1. The van der Waals surface area contributed by atoms with Crippen LogP contribution in [0.5, 0.6) is 11.5 Å². The Morgan fingerprint density at radius 3 is 2.43 bits per heavy atom. The first-order valence-electron chi connectivity index (χ1n) is 10.5. The van der Waals surface area contributed by atoms with Gasteiger partial charge in [0.15, 0.2) is 11.5 Å². The zero-order valence-corrected chi connectivity index (χ0v) is 22.2. The third kappa shape index (κ3) is 7.67. The van der Waals surface area contributed by atoms with Crippen LogP contribution in [-0.2, 0) is 10.5 Å². The molecule has 184 valence electrons. The van der Waals surface area contributed by atoms with E-state index in [0.29, 0.717) is 45.2 Å². The number of hydrogen-bond acceptors (Lipinski definition) is 6. The highest BCUT2D eigenvalue weighted by Gasteiger charge is 2.17. The molecule has 10 heteroatoms. The van der Waals surface area contributed by atoms with Crippen molar-refractivity contribution in [3.05, 3.63) is 85.7 Å². The highest BCUT2D eigenvalue weighted by molar-refractivity contribution is 7.98. The van der Waals surface area contributed by atoms with Gasteiger partial charge in [-0.05, 0) is 53.4 Å². The monoisotopic (exact) mass is 550 g/mol. The van der Waals surface area contributed by atoms with Crippen LogP contribution in [0.2, 0.25) is 10.0 Å². The second kappa shape index (κ2) is 13.4. The van der Waals surface area contributed by atoms with E-state index in [2.05, 4.69) is 10.6 Å². The molecule has 0 aliphatic rings. The number of carbonyl (C=O) groups excluding carboxylic acids is 2. The van der Waals surface area contributed by atoms with Crippen molar-refractivity contribution >= 4 is 64.2 Å². The van der Waals surface area contributed by atoms with Crippen LogP contribution in [0, 0.1) is 0 Å². The summed E-state index contributed by atoms with van der Waals surface area (Å²) in [4.78, 5) is 26.7. The molecule has 0 aliphatic carbocycles. The molecule has 6 nitrogen and oxygen atoms in total. The quantitative estimate of drug-likeness (QED) is 0.230. The summed E-state index contributed by atoms with van der Waals surface area (Å²) < 4.78 is 10.5. The number of benzene rings is 2. The van der Waals surface area contributed by atoms with Gasteiger partial charge in [-0.25, -0.2) is 0 Å². The number of halogens is 2. The molecule has 2 N–H and O–H groups in total. The SMILES string of the molecule is COc1ccc(C(=O)N/C(=C\c2cccs2)C(=O)NCCSCc2c(Cl)cccc2Cl)cc1OC. The van der Waals surface area contributed by atoms with Crippen molar-refractivity contribution in [3.63, 3.8) is 0 Å². The topological polar surface area (TPSA) is 76.7 Å². The molecule has 3 rings (SSSR count). The van der Waals surface area contributed by atoms with Gasteiger partial charge in [-0.2, -0.15) is 11.8 Å². The summed E-state index contributed by atoms with van der Waals surface area (Å²) in [5, 5.41) is 8.71. The summed E-state index contributed by atoms with van der Waals surface area (Å²) in [6.45, 7) is 0.402. The average Bonchev–Trinajstić information content (AvgIpc) is 3.37. The number of nitrogens with one attached hydrogen (secondary N) is 2. The normalized spacial score (nSPS) is 11.1. The van der Waals surface area contributed by atoms with Crippen LogP contribution in [0.1, 0.15) is 20.8 Å². The minimum atomic E-state index is -0.438. The molecule has 2 aromatic carbocycles. The average molecular weight is 552 g/mol. The van der Waals surface area contributed by atoms with Crippen molar-refractivity contribution in [1.82, 2.24) is 10.6 Å². The number of amides is 2. The van der Waals surface area contributed by atoms with Gasteiger partial charge in [-0.3, -0.25) is 9.59 Å². The lowest BCUT2D eigenvalue weighted by Gasteiger charge is -2.13.